The van der Waals surface area contributed by atoms with Gasteiger partial charge >= 0.3 is 5.97 Å². The Morgan fingerprint density at radius 3 is 2.61 bits per heavy atom. The van der Waals surface area contributed by atoms with Crippen LogP contribution < -0.4 is 10.9 Å². The minimum atomic E-state index is -1.29. The molecule has 0 radical (unpaired) electrons. The van der Waals surface area contributed by atoms with Gasteiger partial charge in [-0.25, -0.2) is 9.89 Å². The first-order valence-corrected chi connectivity index (χ1v) is 5.71. The molecule has 1 aromatic heterocycles. The number of aromatic nitrogens is 2. The molecule has 0 fully saturated rings. The van der Waals surface area contributed by atoms with Crippen molar-refractivity contribution in [2.24, 2.45) is 0 Å². The largest absolute Gasteiger partial charge is 0.477 e. The number of carbonyl (C=O) groups is 1. The van der Waals surface area contributed by atoms with Crippen molar-refractivity contribution in [2.45, 2.75) is 0 Å². The van der Waals surface area contributed by atoms with Crippen molar-refractivity contribution >= 4 is 33.4 Å². The molecule has 18 heavy (non-hydrogen) atoms. The number of aromatic amines is 1. The number of rotatable bonds is 3. The summed E-state index contributed by atoms with van der Waals surface area (Å²) in [6.45, 7) is 0. The van der Waals surface area contributed by atoms with E-state index in [9.17, 15) is 9.59 Å². The standard InChI is InChI=1S/C11H8BrN3O3/c12-6-1-3-7(4-2-6)13-9-5-8(11(17)18)10(16)15-14-9/h1-5H,(H,13,14)(H,15,16)(H,17,18). The fraction of sp³-hybridized carbons (Fsp3) is 0. The minimum absolute atomic E-state index is 0.259. The molecule has 0 saturated heterocycles. The maximum absolute atomic E-state index is 11.2. The van der Waals surface area contributed by atoms with E-state index in [2.05, 4.69) is 31.4 Å². The molecule has 0 bridgehead atoms. The first kappa shape index (κ1) is 12.3. The van der Waals surface area contributed by atoms with E-state index in [1.807, 2.05) is 12.1 Å². The van der Waals surface area contributed by atoms with Crippen molar-refractivity contribution in [2.75, 3.05) is 5.32 Å². The molecule has 0 atom stereocenters. The number of aromatic carboxylic acids is 1. The van der Waals surface area contributed by atoms with Gasteiger partial charge in [-0.1, -0.05) is 15.9 Å². The average molecular weight is 310 g/mol. The van der Waals surface area contributed by atoms with Gasteiger partial charge < -0.3 is 10.4 Å². The highest BCUT2D eigenvalue weighted by Gasteiger charge is 2.10. The van der Waals surface area contributed by atoms with Gasteiger partial charge in [-0.2, -0.15) is 5.10 Å². The Morgan fingerprint density at radius 2 is 2.00 bits per heavy atom. The first-order valence-electron chi connectivity index (χ1n) is 4.92. The zero-order chi connectivity index (χ0) is 13.1. The van der Waals surface area contributed by atoms with Crippen LogP contribution in [0.25, 0.3) is 0 Å². The summed E-state index contributed by atoms with van der Waals surface area (Å²) in [5, 5.41) is 17.5. The van der Waals surface area contributed by atoms with E-state index in [1.165, 1.54) is 6.07 Å². The van der Waals surface area contributed by atoms with Crippen LogP contribution in [0.15, 0.2) is 39.6 Å². The van der Waals surface area contributed by atoms with Crippen LogP contribution in [0.5, 0.6) is 0 Å². The molecule has 0 unspecified atom stereocenters. The molecule has 92 valence electrons. The summed E-state index contributed by atoms with van der Waals surface area (Å²) in [5.41, 5.74) is -0.359. The topological polar surface area (TPSA) is 95.1 Å². The van der Waals surface area contributed by atoms with Gasteiger partial charge in [0.05, 0.1) is 0 Å². The summed E-state index contributed by atoms with van der Waals surface area (Å²) in [4.78, 5) is 22.0. The number of benzene rings is 1. The van der Waals surface area contributed by atoms with E-state index in [0.29, 0.717) is 0 Å². The third-order valence-electron chi connectivity index (χ3n) is 2.15. The highest BCUT2D eigenvalue weighted by atomic mass is 79.9. The molecule has 3 N–H and O–H groups in total. The van der Waals surface area contributed by atoms with Gasteiger partial charge in [0, 0.05) is 16.2 Å². The van der Waals surface area contributed by atoms with Gasteiger partial charge in [0.2, 0.25) is 0 Å². The molecule has 0 spiro atoms. The van der Waals surface area contributed by atoms with E-state index in [-0.39, 0.29) is 11.4 Å². The molecular formula is C11H8BrN3O3. The highest BCUT2D eigenvalue weighted by Crippen LogP contribution is 2.17. The number of hydrogen-bond acceptors (Lipinski definition) is 4. The normalized spacial score (nSPS) is 10.1. The van der Waals surface area contributed by atoms with Gasteiger partial charge in [0.15, 0.2) is 5.82 Å². The monoisotopic (exact) mass is 309 g/mol. The van der Waals surface area contributed by atoms with Crippen LogP contribution in [0, 0.1) is 0 Å². The van der Waals surface area contributed by atoms with Crippen LogP contribution in [0.3, 0.4) is 0 Å². The summed E-state index contributed by atoms with van der Waals surface area (Å²) in [6, 6.07) is 8.41. The Kier molecular flexibility index (Phi) is 3.42. The van der Waals surface area contributed by atoms with Crippen LogP contribution in [-0.4, -0.2) is 21.3 Å². The molecule has 7 heteroatoms. The third kappa shape index (κ3) is 2.75. The second-order valence-corrected chi connectivity index (χ2v) is 4.35. The summed E-state index contributed by atoms with van der Waals surface area (Å²) in [5.74, 6) is -1.04. The van der Waals surface area contributed by atoms with E-state index < -0.39 is 11.5 Å². The molecule has 0 aliphatic carbocycles. The van der Waals surface area contributed by atoms with Crippen LogP contribution in [-0.2, 0) is 0 Å². The number of hydrogen-bond donors (Lipinski definition) is 3. The van der Waals surface area contributed by atoms with E-state index >= 15 is 0 Å². The molecule has 1 heterocycles. The van der Waals surface area contributed by atoms with E-state index in [0.717, 1.165) is 10.2 Å². The van der Waals surface area contributed by atoms with E-state index in [4.69, 9.17) is 5.11 Å². The summed E-state index contributed by atoms with van der Waals surface area (Å²) in [7, 11) is 0. The van der Waals surface area contributed by atoms with Crippen LogP contribution >= 0.6 is 15.9 Å². The number of H-pyrrole nitrogens is 1. The quantitative estimate of drug-likeness (QED) is 0.805. The molecule has 2 aromatic rings. The van der Waals surface area contributed by atoms with Crippen LogP contribution in [0.1, 0.15) is 10.4 Å². The maximum atomic E-state index is 11.2. The second-order valence-electron chi connectivity index (χ2n) is 3.43. The molecule has 0 aliphatic rings. The fourth-order valence-corrected chi connectivity index (χ4v) is 1.57. The minimum Gasteiger partial charge on any atom is -0.477 e. The summed E-state index contributed by atoms with van der Waals surface area (Å²) in [6.07, 6.45) is 0. The predicted octanol–water partition coefficient (Wildman–Crippen LogP) is 1.97. The smallest absolute Gasteiger partial charge is 0.341 e. The number of carboxylic acid groups (broad SMARTS) is 1. The number of carboxylic acids is 1. The molecule has 2 rings (SSSR count). The van der Waals surface area contributed by atoms with Gasteiger partial charge in [0.25, 0.3) is 5.56 Å². The summed E-state index contributed by atoms with van der Waals surface area (Å²) < 4.78 is 0.925. The average Bonchev–Trinajstić information content (AvgIpc) is 2.34. The number of halogens is 1. The Balaban J connectivity index is 2.30. The van der Waals surface area contributed by atoms with Gasteiger partial charge in [-0.3, -0.25) is 4.79 Å². The van der Waals surface area contributed by atoms with Crippen molar-refractivity contribution in [3.8, 4) is 0 Å². The Labute approximate surface area is 110 Å². The Bertz CT molecular complexity index is 637. The third-order valence-corrected chi connectivity index (χ3v) is 2.68. The van der Waals surface area contributed by atoms with Gasteiger partial charge in [0.1, 0.15) is 5.56 Å². The maximum Gasteiger partial charge on any atom is 0.341 e. The van der Waals surface area contributed by atoms with Crippen molar-refractivity contribution in [3.05, 3.63) is 50.7 Å². The number of anilines is 2. The Hall–Kier alpha value is -2.15. The second kappa shape index (κ2) is 5.01. The van der Waals surface area contributed by atoms with Crippen molar-refractivity contribution < 1.29 is 9.90 Å². The molecule has 0 amide bonds. The predicted molar refractivity (Wildman–Crippen MR) is 69.2 cm³/mol. The fourth-order valence-electron chi connectivity index (χ4n) is 1.31. The zero-order valence-electron chi connectivity index (χ0n) is 8.98. The number of nitrogens with zero attached hydrogens (tertiary/aromatic N) is 1. The highest BCUT2D eigenvalue weighted by molar-refractivity contribution is 9.10. The lowest BCUT2D eigenvalue weighted by atomic mass is 10.3. The van der Waals surface area contributed by atoms with Gasteiger partial charge in [-0.15, -0.1) is 0 Å². The lowest BCUT2D eigenvalue weighted by Gasteiger charge is -2.05. The van der Waals surface area contributed by atoms with Crippen molar-refractivity contribution in [1.82, 2.24) is 10.2 Å². The SMILES string of the molecule is O=C(O)c1cc(Nc2ccc(Br)cc2)n[nH]c1=O. The van der Waals surface area contributed by atoms with Crippen molar-refractivity contribution in [3.63, 3.8) is 0 Å². The van der Waals surface area contributed by atoms with Crippen LogP contribution in [0.4, 0.5) is 11.5 Å². The summed E-state index contributed by atoms with van der Waals surface area (Å²) >= 11 is 3.30. The van der Waals surface area contributed by atoms with Crippen LogP contribution in [0.2, 0.25) is 0 Å². The lowest BCUT2D eigenvalue weighted by Crippen LogP contribution is -2.19. The molecule has 1 aromatic carbocycles. The zero-order valence-corrected chi connectivity index (χ0v) is 10.6. The Morgan fingerprint density at radius 1 is 1.33 bits per heavy atom. The molecule has 0 saturated carbocycles. The lowest BCUT2D eigenvalue weighted by molar-refractivity contribution is 0.0694. The van der Waals surface area contributed by atoms with E-state index in [1.54, 1.807) is 12.1 Å². The number of nitrogens with one attached hydrogen (secondary N) is 2. The molecule has 6 nitrogen and oxygen atoms in total. The van der Waals surface area contributed by atoms with Crippen molar-refractivity contribution in [1.29, 1.82) is 0 Å². The first-order chi connectivity index (χ1) is 8.56. The van der Waals surface area contributed by atoms with Gasteiger partial charge in [-0.05, 0) is 24.3 Å². The molecular weight excluding hydrogens is 302 g/mol. The molecule has 0 aliphatic heterocycles.